The van der Waals surface area contributed by atoms with Crippen LogP contribution in [-0.4, -0.2) is 29.0 Å². The first-order valence-electron chi connectivity index (χ1n) is 7.44. The fourth-order valence-electron chi connectivity index (χ4n) is 2.75. The number of piperidine rings is 1. The van der Waals surface area contributed by atoms with Crippen molar-refractivity contribution in [2.75, 3.05) is 18.4 Å². The Kier molecular flexibility index (Phi) is 4.46. The van der Waals surface area contributed by atoms with Crippen molar-refractivity contribution in [3.05, 3.63) is 60.0 Å². The van der Waals surface area contributed by atoms with Gasteiger partial charge in [-0.25, -0.2) is 9.37 Å². The molecule has 1 N–H and O–H groups in total. The van der Waals surface area contributed by atoms with Crippen molar-refractivity contribution in [1.82, 2.24) is 9.88 Å². The van der Waals surface area contributed by atoms with E-state index in [4.69, 9.17) is 0 Å². The number of nitrogens with zero attached hydrogens (tertiary/aromatic N) is 2. The van der Waals surface area contributed by atoms with Crippen LogP contribution in [0.5, 0.6) is 0 Å². The van der Waals surface area contributed by atoms with Crippen LogP contribution in [0.4, 0.5) is 10.2 Å². The van der Waals surface area contributed by atoms with E-state index in [9.17, 15) is 4.39 Å². The van der Waals surface area contributed by atoms with E-state index in [1.807, 2.05) is 0 Å². The van der Waals surface area contributed by atoms with Crippen LogP contribution in [0.3, 0.4) is 0 Å². The average molecular weight is 285 g/mol. The number of hydrogen-bond donors (Lipinski definition) is 1. The molecule has 1 aromatic heterocycles. The van der Waals surface area contributed by atoms with Gasteiger partial charge in [-0.05, 0) is 30.5 Å². The van der Waals surface area contributed by atoms with Crippen LogP contribution < -0.4 is 5.32 Å². The lowest BCUT2D eigenvalue weighted by atomic mass is 10.0. The van der Waals surface area contributed by atoms with Crippen molar-refractivity contribution in [3.63, 3.8) is 0 Å². The Balaban J connectivity index is 1.47. The number of aromatic nitrogens is 1. The van der Waals surface area contributed by atoms with E-state index < -0.39 is 0 Å². The number of hydrogen-bond acceptors (Lipinski definition) is 3. The minimum absolute atomic E-state index is 0.293. The predicted molar refractivity (Wildman–Crippen MR) is 82.6 cm³/mol. The monoisotopic (exact) mass is 285 g/mol. The van der Waals surface area contributed by atoms with Gasteiger partial charge >= 0.3 is 0 Å². The molecule has 0 amide bonds. The highest BCUT2D eigenvalue weighted by molar-refractivity contribution is 5.34. The molecule has 1 aliphatic rings. The molecule has 2 aromatic rings. The zero-order valence-electron chi connectivity index (χ0n) is 12.0. The Morgan fingerprint density at radius 2 is 1.86 bits per heavy atom. The molecule has 21 heavy (non-hydrogen) atoms. The number of pyridine rings is 1. The molecule has 3 nitrogen and oxygen atoms in total. The first kappa shape index (κ1) is 14.0. The average Bonchev–Trinajstić information content (AvgIpc) is 2.53. The molecular weight excluding hydrogens is 265 g/mol. The van der Waals surface area contributed by atoms with E-state index >= 15 is 0 Å². The van der Waals surface area contributed by atoms with Crippen LogP contribution >= 0.6 is 0 Å². The molecule has 110 valence electrons. The standard InChI is InChI=1S/C17H20FN3/c18-15-6-7-17(19-12-15)20-16-8-10-21(11-9-16)13-14-4-2-1-3-5-14/h1-7,12,16H,8-11,13H2,(H,19,20). The number of rotatable bonds is 4. The summed E-state index contributed by atoms with van der Waals surface area (Å²) in [5.74, 6) is 0.469. The lowest BCUT2D eigenvalue weighted by Gasteiger charge is -2.32. The highest BCUT2D eigenvalue weighted by Crippen LogP contribution is 2.17. The largest absolute Gasteiger partial charge is 0.367 e. The van der Waals surface area contributed by atoms with Crippen molar-refractivity contribution in [2.24, 2.45) is 0 Å². The van der Waals surface area contributed by atoms with Crippen molar-refractivity contribution in [3.8, 4) is 0 Å². The van der Waals surface area contributed by atoms with Gasteiger partial charge in [0.15, 0.2) is 0 Å². The molecule has 0 bridgehead atoms. The molecule has 0 atom stereocenters. The van der Waals surface area contributed by atoms with E-state index in [0.29, 0.717) is 6.04 Å². The van der Waals surface area contributed by atoms with Gasteiger partial charge in [-0.1, -0.05) is 30.3 Å². The summed E-state index contributed by atoms with van der Waals surface area (Å²) in [6.07, 6.45) is 3.44. The van der Waals surface area contributed by atoms with Gasteiger partial charge in [0, 0.05) is 25.7 Å². The van der Waals surface area contributed by atoms with E-state index in [2.05, 4.69) is 45.5 Å². The van der Waals surface area contributed by atoms with Crippen LogP contribution in [0.25, 0.3) is 0 Å². The van der Waals surface area contributed by atoms with Crippen molar-refractivity contribution in [1.29, 1.82) is 0 Å². The van der Waals surface area contributed by atoms with Crippen LogP contribution in [-0.2, 0) is 6.54 Å². The Bertz CT molecular complexity index is 548. The third kappa shape index (κ3) is 4.02. The molecule has 2 heterocycles. The van der Waals surface area contributed by atoms with Gasteiger partial charge in [0.05, 0.1) is 6.20 Å². The lowest BCUT2D eigenvalue weighted by Crippen LogP contribution is -2.38. The van der Waals surface area contributed by atoms with Gasteiger partial charge in [0.1, 0.15) is 11.6 Å². The topological polar surface area (TPSA) is 28.2 Å². The highest BCUT2D eigenvalue weighted by Gasteiger charge is 2.19. The van der Waals surface area contributed by atoms with Crippen molar-refractivity contribution in [2.45, 2.75) is 25.4 Å². The summed E-state index contributed by atoms with van der Waals surface area (Å²) in [5.41, 5.74) is 1.36. The smallest absolute Gasteiger partial charge is 0.141 e. The lowest BCUT2D eigenvalue weighted by molar-refractivity contribution is 0.211. The normalized spacial score (nSPS) is 16.8. The first-order valence-corrected chi connectivity index (χ1v) is 7.44. The van der Waals surface area contributed by atoms with E-state index in [0.717, 1.165) is 38.3 Å². The maximum absolute atomic E-state index is 12.8. The Morgan fingerprint density at radius 3 is 2.52 bits per heavy atom. The second kappa shape index (κ2) is 6.68. The fourth-order valence-corrected chi connectivity index (χ4v) is 2.75. The van der Waals surface area contributed by atoms with Crippen LogP contribution in [0, 0.1) is 5.82 Å². The molecule has 1 aromatic carbocycles. The van der Waals surface area contributed by atoms with Crippen molar-refractivity contribution >= 4 is 5.82 Å². The Hall–Kier alpha value is -1.94. The van der Waals surface area contributed by atoms with Crippen molar-refractivity contribution < 1.29 is 4.39 Å². The van der Waals surface area contributed by atoms with Crippen LogP contribution in [0.1, 0.15) is 18.4 Å². The maximum atomic E-state index is 12.8. The zero-order chi connectivity index (χ0) is 14.5. The summed E-state index contributed by atoms with van der Waals surface area (Å²) in [7, 11) is 0. The van der Waals surface area contributed by atoms with E-state index in [1.54, 1.807) is 6.07 Å². The molecule has 0 radical (unpaired) electrons. The quantitative estimate of drug-likeness (QED) is 0.934. The molecule has 0 spiro atoms. The van der Waals surface area contributed by atoms with E-state index in [1.165, 1.54) is 17.8 Å². The van der Waals surface area contributed by atoms with Crippen LogP contribution in [0.2, 0.25) is 0 Å². The summed E-state index contributed by atoms with van der Waals surface area (Å²) >= 11 is 0. The second-order valence-corrected chi connectivity index (χ2v) is 5.54. The SMILES string of the molecule is Fc1ccc(NC2CCN(Cc3ccccc3)CC2)nc1. The van der Waals surface area contributed by atoms with Crippen LogP contribution in [0.15, 0.2) is 48.7 Å². The number of nitrogens with one attached hydrogen (secondary N) is 1. The number of halogens is 1. The first-order chi connectivity index (χ1) is 10.3. The molecule has 0 saturated carbocycles. The maximum Gasteiger partial charge on any atom is 0.141 e. The number of likely N-dealkylation sites (tertiary alicyclic amines) is 1. The Morgan fingerprint density at radius 1 is 1.10 bits per heavy atom. The van der Waals surface area contributed by atoms with Gasteiger partial charge < -0.3 is 5.32 Å². The third-order valence-electron chi connectivity index (χ3n) is 3.92. The number of anilines is 1. The second-order valence-electron chi connectivity index (χ2n) is 5.54. The van der Waals surface area contributed by atoms with Gasteiger partial charge in [0.2, 0.25) is 0 Å². The molecule has 0 aliphatic carbocycles. The highest BCUT2D eigenvalue weighted by atomic mass is 19.1. The zero-order valence-corrected chi connectivity index (χ0v) is 12.0. The molecule has 4 heteroatoms. The summed E-state index contributed by atoms with van der Waals surface area (Å²) in [6, 6.07) is 14.1. The molecule has 3 rings (SSSR count). The molecular formula is C17H20FN3. The summed E-state index contributed by atoms with van der Waals surface area (Å²) in [6.45, 7) is 3.17. The molecule has 1 aliphatic heterocycles. The minimum Gasteiger partial charge on any atom is -0.367 e. The van der Waals surface area contributed by atoms with Gasteiger partial charge in [0.25, 0.3) is 0 Å². The summed E-state index contributed by atoms with van der Waals surface area (Å²) in [4.78, 5) is 6.54. The molecule has 0 unspecified atom stereocenters. The fraction of sp³-hybridized carbons (Fsp3) is 0.353. The molecule has 1 saturated heterocycles. The molecule has 1 fully saturated rings. The third-order valence-corrected chi connectivity index (χ3v) is 3.92. The number of benzene rings is 1. The van der Waals surface area contributed by atoms with Gasteiger partial charge in [-0.2, -0.15) is 0 Å². The Labute approximate surface area is 124 Å². The van der Waals surface area contributed by atoms with E-state index in [-0.39, 0.29) is 5.82 Å². The van der Waals surface area contributed by atoms with Gasteiger partial charge in [-0.3, -0.25) is 4.90 Å². The minimum atomic E-state index is -0.293. The van der Waals surface area contributed by atoms with Gasteiger partial charge in [-0.15, -0.1) is 0 Å². The summed E-state index contributed by atoms with van der Waals surface area (Å²) < 4.78 is 12.8. The predicted octanol–water partition coefficient (Wildman–Crippen LogP) is 3.30. The summed E-state index contributed by atoms with van der Waals surface area (Å²) in [5, 5.41) is 3.39.